The van der Waals surface area contributed by atoms with Crippen LogP contribution in [0.3, 0.4) is 0 Å². The lowest BCUT2D eigenvalue weighted by molar-refractivity contribution is 0.449. The largest absolute Gasteiger partial charge is 0.398 e. The Balaban J connectivity index is 2.65. The van der Waals surface area contributed by atoms with E-state index in [2.05, 4.69) is 19.9 Å². The van der Waals surface area contributed by atoms with Gasteiger partial charge in [-0.2, -0.15) is 5.26 Å². The maximum absolute atomic E-state index is 9.36. The zero-order chi connectivity index (χ0) is 13.3. The van der Waals surface area contributed by atoms with E-state index in [0.29, 0.717) is 11.3 Å². The lowest BCUT2D eigenvalue weighted by Gasteiger charge is -2.33. The van der Waals surface area contributed by atoms with Crippen LogP contribution < -0.4 is 5.73 Å². The van der Waals surface area contributed by atoms with Crippen LogP contribution in [0.15, 0.2) is 47.2 Å². The minimum Gasteiger partial charge on any atom is -0.398 e. The van der Waals surface area contributed by atoms with Crippen molar-refractivity contribution >= 4 is 5.57 Å². The van der Waals surface area contributed by atoms with E-state index in [1.807, 2.05) is 37.3 Å². The Morgan fingerprint density at radius 3 is 2.39 bits per heavy atom. The Kier molecular flexibility index (Phi) is 3.00. The highest BCUT2D eigenvalue weighted by atomic mass is 14.6. The summed E-state index contributed by atoms with van der Waals surface area (Å²) in [5.74, 6) is 0. The first-order chi connectivity index (χ1) is 8.47. The zero-order valence-electron chi connectivity index (χ0n) is 11.1. The molecule has 0 aromatic heterocycles. The van der Waals surface area contributed by atoms with E-state index in [-0.39, 0.29) is 5.41 Å². The molecule has 0 radical (unpaired) electrons. The molecule has 0 aliphatic heterocycles. The monoisotopic (exact) mass is 238 g/mol. The molecule has 1 aromatic rings. The maximum atomic E-state index is 9.36. The second kappa shape index (κ2) is 4.34. The van der Waals surface area contributed by atoms with Crippen LogP contribution in [0.4, 0.5) is 0 Å². The molecule has 0 bridgehead atoms. The second-order valence-corrected chi connectivity index (χ2v) is 5.43. The first-order valence-electron chi connectivity index (χ1n) is 6.13. The standard InChI is InChI=1S/C16H18N2/c1-11-15(18)14(10-17)13(9-16(11,2)3)12-7-5-4-6-8-12/h4-8H,9,18H2,1-3H3. The molecule has 0 spiro atoms. The van der Waals surface area contributed by atoms with E-state index >= 15 is 0 Å². The predicted octanol–water partition coefficient (Wildman–Crippen LogP) is 3.63. The van der Waals surface area contributed by atoms with Crippen LogP contribution in [-0.2, 0) is 0 Å². The summed E-state index contributed by atoms with van der Waals surface area (Å²) in [6, 6.07) is 12.3. The molecule has 0 saturated heterocycles. The van der Waals surface area contributed by atoms with E-state index in [1.165, 1.54) is 0 Å². The van der Waals surface area contributed by atoms with Crippen LogP contribution in [0.5, 0.6) is 0 Å². The van der Waals surface area contributed by atoms with Gasteiger partial charge in [-0.3, -0.25) is 0 Å². The van der Waals surface area contributed by atoms with E-state index in [0.717, 1.165) is 23.1 Å². The molecule has 1 aromatic carbocycles. The average Bonchev–Trinajstić information content (AvgIpc) is 2.37. The van der Waals surface area contributed by atoms with E-state index in [1.54, 1.807) is 0 Å². The highest BCUT2D eigenvalue weighted by Crippen LogP contribution is 2.44. The van der Waals surface area contributed by atoms with Crippen LogP contribution in [0.2, 0.25) is 0 Å². The van der Waals surface area contributed by atoms with Gasteiger partial charge in [0.05, 0.1) is 5.57 Å². The molecule has 0 heterocycles. The van der Waals surface area contributed by atoms with Gasteiger partial charge in [-0.15, -0.1) is 0 Å². The smallest absolute Gasteiger partial charge is 0.102 e. The van der Waals surface area contributed by atoms with Gasteiger partial charge in [0.1, 0.15) is 6.07 Å². The van der Waals surface area contributed by atoms with Crippen molar-refractivity contribution in [3.8, 4) is 6.07 Å². The normalized spacial score (nSPS) is 18.8. The molecular weight excluding hydrogens is 220 g/mol. The average molecular weight is 238 g/mol. The van der Waals surface area contributed by atoms with Crippen molar-refractivity contribution in [1.82, 2.24) is 0 Å². The summed E-state index contributed by atoms with van der Waals surface area (Å²) in [7, 11) is 0. The fourth-order valence-electron chi connectivity index (χ4n) is 2.39. The number of allylic oxidation sites excluding steroid dienone is 3. The van der Waals surface area contributed by atoms with Crippen molar-refractivity contribution in [3.05, 3.63) is 52.7 Å². The van der Waals surface area contributed by atoms with Gasteiger partial charge in [0, 0.05) is 5.70 Å². The number of hydrogen-bond acceptors (Lipinski definition) is 2. The third-order valence-corrected chi connectivity index (χ3v) is 3.84. The Morgan fingerprint density at radius 1 is 1.22 bits per heavy atom. The first-order valence-corrected chi connectivity index (χ1v) is 6.13. The van der Waals surface area contributed by atoms with Crippen molar-refractivity contribution in [3.63, 3.8) is 0 Å². The maximum Gasteiger partial charge on any atom is 0.102 e. The second-order valence-electron chi connectivity index (χ2n) is 5.43. The van der Waals surface area contributed by atoms with Crippen molar-refractivity contribution in [2.24, 2.45) is 11.1 Å². The molecule has 2 heteroatoms. The number of nitrogens with two attached hydrogens (primary N) is 1. The SMILES string of the molecule is CC1=C(N)C(C#N)=C(c2ccccc2)CC1(C)C. The lowest BCUT2D eigenvalue weighted by Crippen LogP contribution is -2.24. The summed E-state index contributed by atoms with van der Waals surface area (Å²) < 4.78 is 0. The van der Waals surface area contributed by atoms with Gasteiger partial charge in [0.25, 0.3) is 0 Å². The molecule has 0 amide bonds. The Hall–Kier alpha value is -2.01. The van der Waals surface area contributed by atoms with Crippen LogP contribution >= 0.6 is 0 Å². The van der Waals surface area contributed by atoms with Crippen molar-refractivity contribution in [1.29, 1.82) is 5.26 Å². The molecule has 2 nitrogen and oxygen atoms in total. The summed E-state index contributed by atoms with van der Waals surface area (Å²) in [6.07, 6.45) is 0.854. The highest BCUT2D eigenvalue weighted by molar-refractivity contribution is 5.78. The van der Waals surface area contributed by atoms with Gasteiger partial charge in [0.15, 0.2) is 0 Å². The van der Waals surface area contributed by atoms with E-state index < -0.39 is 0 Å². The number of hydrogen-bond donors (Lipinski definition) is 1. The van der Waals surface area contributed by atoms with E-state index in [4.69, 9.17) is 5.73 Å². The van der Waals surface area contributed by atoms with Gasteiger partial charge in [-0.25, -0.2) is 0 Å². The molecule has 2 rings (SSSR count). The molecule has 0 unspecified atom stereocenters. The fourth-order valence-corrected chi connectivity index (χ4v) is 2.39. The summed E-state index contributed by atoms with van der Waals surface area (Å²) in [4.78, 5) is 0. The number of nitrogens with zero attached hydrogens (tertiary/aromatic N) is 1. The van der Waals surface area contributed by atoms with Crippen LogP contribution in [0.25, 0.3) is 5.57 Å². The summed E-state index contributed by atoms with van der Waals surface area (Å²) >= 11 is 0. The molecular formula is C16H18N2. The third kappa shape index (κ3) is 1.93. The van der Waals surface area contributed by atoms with Gasteiger partial charge in [-0.1, -0.05) is 44.2 Å². The first kappa shape index (κ1) is 12.4. The number of benzene rings is 1. The molecule has 92 valence electrons. The van der Waals surface area contributed by atoms with Crippen molar-refractivity contribution < 1.29 is 0 Å². The van der Waals surface area contributed by atoms with E-state index in [9.17, 15) is 5.26 Å². The van der Waals surface area contributed by atoms with Gasteiger partial charge >= 0.3 is 0 Å². The lowest BCUT2D eigenvalue weighted by atomic mass is 9.71. The molecule has 0 saturated carbocycles. The third-order valence-electron chi connectivity index (χ3n) is 3.84. The minimum absolute atomic E-state index is 0.00953. The highest BCUT2D eigenvalue weighted by Gasteiger charge is 2.31. The van der Waals surface area contributed by atoms with Crippen molar-refractivity contribution in [2.45, 2.75) is 27.2 Å². The minimum atomic E-state index is 0.00953. The van der Waals surface area contributed by atoms with Crippen LogP contribution in [0, 0.1) is 16.7 Å². The van der Waals surface area contributed by atoms with Gasteiger partial charge < -0.3 is 5.73 Å². The molecule has 2 N–H and O–H groups in total. The van der Waals surface area contributed by atoms with Gasteiger partial charge in [0.2, 0.25) is 0 Å². The number of nitriles is 1. The molecule has 0 atom stereocenters. The fraction of sp³-hybridized carbons (Fsp3) is 0.312. The molecule has 1 aliphatic carbocycles. The predicted molar refractivity (Wildman–Crippen MR) is 74.3 cm³/mol. The number of rotatable bonds is 1. The topological polar surface area (TPSA) is 49.8 Å². The summed E-state index contributed by atoms with van der Waals surface area (Å²) in [6.45, 7) is 6.37. The summed E-state index contributed by atoms with van der Waals surface area (Å²) in [5, 5.41) is 9.36. The van der Waals surface area contributed by atoms with Crippen LogP contribution in [0.1, 0.15) is 32.8 Å². The Bertz CT molecular complexity index is 569. The molecule has 0 fully saturated rings. The summed E-state index contributed by atoms with van der Waals surface area (Å²) in [5.41, 5.74) is 10.7. The Labute approximate surface area is 108 Å². The van der Waals surface area contributed by atoms with Crippen molar-refractivity contribution in [2.75, 3.05) is 0 Å². The van der Waals surface area contributed by atoms with Gasteiger partial charge in [-0.05, 0) is 35.5 Å². The van der Waals surface area contributed by atoms with Crippen LogP contribution in [-0.4, -0.2) is 0 Å². The Morgan fingerprint density at radius 2 is 1.83 bits per heavy atom. The molecule has 1 aliphatic rings. The zero-order valence-corrected chi connectivity index (χ0v) is 11.1. The quantitative estimate of drug-likeness (QED) is 0.812. The molecule has 18 heavy (non-hydrogen) atoms.